The molecule has 10 aromatic rings. The van der Waals surface area contributed by atoms with Crippen molar-refractivity contribution in [2.24, 2.45) is 0 Å². The van der Waals surface area contributed by atoms with Crippen molar-refractivity contribution in [2.75, 3.05) is 9.80 Å². The molecule has 0 unspecified atom stereocenters. The van der Waals surface area contributed by atoms with Crippen LogP contribution >= 0.6 is 0 Å². The molecule has 8 aromatic carbocycles. The molecule has 1 aliphatic heterocycles. The average Bonchev–Trinajstić information content (AvgIpc) is 4.00. The quantitative estimate of drug-likeness (QED) is 0.149. The molecule has 0 amide bonds. The van der Waals surface area contributed by atoms with Crippen LogP contribution in [0, 0.1) is 18.8 Å². The van der Waals surface area contributed by atoms with Gasteiger partial charge >= 0.3 is 0 Å². The summed E-state index contributed by atoms with van der Waals surface area (Å²) in [6.45, 7) is 16.8. The summed E-state index contributed by atoms with van der Waals surface area (Å²) in [5, 5.41) is 2.30. The van der Waals surface area contributed by atoms with Crippen molar-refractivity contribution < 1.29 is 21.1 Å². The Morgan fingerprint density at radius 1 is 0.536 bits per heavy atom. The van der Waals surface area contributed by atoms with Crippen LogP contribution in [0.2, 0.25) is 0 Å². The minimum absolute atomic E-state index is 0. The summed E-state index contributed by atoms with van der Waals surface area (Å²) >= 11 is 0. The van der Waals surface area contributed by atoms with E-state index in [0.717, 1.165) is 51.3 Å². The minimum atomic E-state index is -0.780. The molecule has 0 spiro atoms. The summed E-state index contributed by atoms with van der Waals surface area (Å²) in [5.74, 6) is 0.881. The third-order valence-corrected chi connectivity index (χ3v) is 14.3. The smallest absolute Gasteiger partial charge is 0.135 e. The molecule has 5 heteroatoms. The molecule has 12 rings (SSSR count). The van der Waals surface area contributed by atoms with Crippen LogP contribution in [0.25, 0.3) is 49.9 Å². The molecule has 0 N–H and O–H groups in total. The molecule has 342 valence electrons. The van der Waals surface area contributed by atoms with Crippen molar-refractivity contribution in [2.45, 2.75) is 64.3 Å². The molecule has 2 aromatic heterocycles. The summed E-state index contributed by atoms with van der Waals surface area (Å²) in [7, 11) is 0. The predicted octanol–water partition coefficient (Wildman–Crippen LogP) is 15.7. The second kappa shape index (κ2) is 16.9. The number of anilines is 3. The Labute approximate surface area is 421 Å². The van der Waals surface area contributed by atoms with Gasteiger partial charge in [0.2, 0.25) is 0 Å². The van der Waals surface area contributed by atoms with Crippen LogP contribution in [-0.4, -0.2) is 9.55 Å². The van der Waals surface area contributed by atoms with E-state index in [1.165, 1.54) is 61.1 Å². The van der Waals surface area contributed by atoms with E-state index in [4.69, 9.17) is 4.98 Å². The zero-order valence-corrected chi connectivity index (χ0v) is 42.1. The van der Waals surface area contributed by atoms with Crippen LogP contribution in [0.1, 0.15) is 80.5 Å². The van der Waals surface area contributed by atoms with E-state index in [1.807, 2.05) is 6.20 Å². The molecule has 0 radical (unpaired) electrons. The second-order valence-corrected chi connectivity index (χ2v) is 20.6. The van der Waals surface area contributed by atoms with Gasteiger partial charge < -0.3 is 14.4 Å². The van der Waals surface area contributed by atoms with Crippen molar-refractivity contribution in [3.8, 4) is 28.1 Å². The van der Waals surface area contributed by atoms with E-state index >= 15 is 0 Å². The summed E-state index contributed by atoms with van der Waals surface area (Å²) < 4.78 is 2.34. The predicted molar refractivity (Wildman–Crippen MR) is 282 cm³/mol. The fourth-order valence-electron chi connectivity index (χ4n) is 10.8. The first-order valence-corrected chi connectivity index (χ1v) is 23.8. The molecule has 69 heavy (non-hydrogen) atoms. The number of rotatable bonds is 7. The SMILES string of the molecule is CC(C)(C)c1cc(N2[CH-]N(Cc3ccccc3)c3ccccc32)[c-]c(C2(c3[c-]c4c(cc3)c3cc(-c5ccccc5)ccc3n4-c3cc(C(C)(C)C)ccn3)c3ccccc3-c3ccccc32)c1.[Pt]. The summed E-state index contributed by atoms with van der Waals surface area (Å²) in [6.07, 6.45) is 1.96. The van der Waals surface area contributed by atoms with Crippen LogP contribution in [0.4, 0.5) is 17.1 Å². The first-order valence-electron chi connectivity index (χ1n) is 23.8. The van der Waals surface area contributed by atoms with E-state index < -0.39 is 5.41 Å². The molecule has 4 nitrogen and oxygen atoms in total. The molecule has 3 heterocycles. The summed E-state index contributed by atoms with van der Waals surface area (Å²) in [5.41, 5.74) is 17.5. The number of para-hydroxylation sites is 2. The minimum Gasteiger partial charge on any atom is -0.498 e. The van der Waals surface area contributed by atoms with Crippen molar-refractivity contribution >= 4 is 38.9 Å². The average molecular weight is 1070 g/mol. The number of aromatic nitrogens is 2. The maximum atomic E-state index is 5.12. The number of nitrogens with zero attached hydrogens (tertiary/aromatic N) is 4. The molecule has 2 aliphatic rings. The Morgan fingerprint density at radius 2 is 1.17 bits per heavy atom. The molecule has 0 fully saturated rings. The van der Waals surface area contributed by atoms with Crippen molar-refractivity contribution in [3.05, 3.63) is 252 Å². The number of pyridine rings is 1. The van der Waals surface area contributed by atoms with E-state index in [9.17, 15) is 0 Å². The Balaban J connectivity index is 0.00000520. The zero-order valence-electron chi connectivity index (χ0n) is 39.9. The number of hydrogen-bond donors (Lipinski definition) is 0. The van der Waals surface area contributed by atoms with Gasteiger partial charge in [-0.1, -0.05) is 181 Å². The van der Waals surface area contributed by atoms with E-state index in [-0.39, 0.29) is 31.9 Å². The second-order valence-electron chi connectivity index (χ2n) is 20.6. The normalized spacial score (nSPS) is 13.9. The van der Waals surface area contributed by atoms with Gasteiger partial charge in [0.15, 0.2) is 0 Å². The number of hydrogen-bond acceptors (Lipinski definition) is 3. The van der Waals surface area contributed by atoms with E-state index in [1.54, 1.807) is 0 Å². The maximum Gasteiger partial charge on any atom is 0.135 e. The third kappa shape index (κ3) is 7.35. The Morgan fingerprint density at radius 3 is 1.87 bits per heavy atom. The van der Waals surface area contributed by atoms with E-state index in [0.29, 0.717) is 0 Å². The Bertz CT molecular complexity index is 3510. The number of benzene rings is 8. The molecule has 0 atom stereocenters. The largest absolute Gasteiger partial charge is 0.498 e. The Kier molecular flexibility index (Phi) is 10.9. The van der Waals surface area contributed by atoms with Gasteiger partial charge in [0.05, 0.1) is 0 Å². The van der Waals surface area contributed by atoms with Gasteiger partial charge in [-0.2, -0.15) is 42.6 Å². The summed E-state index contributed by atoms with van der Waals surface area (Å²) in [4.78, 5) is 9.83. The van der Waals surface area contributed by atoms with Crippen LogP contribution in [0.3, 0.4) is 0 Å². The molecular weight excluding hydrogens is 1020 g/mol. The fourth-order valence-corrected chi connectivity index (χ4v) is 10.8. The van der Waals surface area contributed by atoms with Gasteiger partial charge in [-0.25, -0.2) is 4.98 Å². The fraction of sp³-hybridized carbons (Fsp3) is 0.156. The van der Waals surface area contributed by atoms with Crippen LogP contribution in [0.15, 0.2) is 194 Å². The first-order chi connectivity index (χ1) is 33.0. The van der Waals surface area contributed by atoms with Gasteiger partial charge in [-0.05, 0) is 91.1 Å². The van der Waals surface area contributed by atoms with Gasteiger partial charge in [0.25, 0.3) is 0 Å². The van der Waals surface area contributed by atoms with Crippen LogP contribution < -0.4 is 9.80 Å². The van der Waals surface area contributed by atoms with Gasteiger partial charge in [-0.15, -0.1) is 28.3 Å². The van der Waals surface area contributed by atoms with Gasteiger partial charge in [0, 0.05) is 56.1 Å². The summed E-state index contributed by atoms with van der Waals surface area (Å²) in [6, 6.07) is 77.3. The standard InChI is InChI=1S/C64H53N4.Pt/c1-62(2,3)46-33-34-65-61(40-46)68-57-32-29-45(44-21-11-8-12-22-44)35-54(57)53-31-30-47(39-60(53)68)64(55-25-15-13-23-51(55)52-24-14-16-26-56(52)64)49-36-48(63(4,5)6)37-50(38-49)67-42-66(41-43-19-9-7-10-20-43)58-27-17-18-28-59(58)67;/h7-37,40,42H,41H2,1-6H3;/q-3;. The van der Waals surface area contributed by atoms with E-state index in [2.05, 4.69) is 263 Å². The van der Waals surface area contributed by atoms with Crippen molar-refractivity contribution in [1.29, 1.82) is 0 Å². The monoisotopic (exact) mass is 1070 g/mol. The van der Waals surface area contributed by atoms with Gasteiger partial charge in [-0.3, -0.25) is 0 Å². The molecule has 0 saturated carbocycles. The van der Waals surface area contributed by atoms with Crippen molar-refractivity contribution in [3.63, 3.8) is 0 Å². The maximum absolute atomic E-state index is 5.12. The Hall–Kier alpha value is -7.00. The third-order valence-electron chi connectivity index (χ3n) is 14.3. The molecular formula is C64H53N4Pt-3. The van der Waals surface area contributed by atoms with Crippen molar-refractivity contribution in [1.82, 2.24) is 9.55 Å². The molecule has 0 saturated heterocycles. The van der Waals surface area contributed by atoms with Crippen LogP contribution in [-0.2, 0) is 43.9 Å². The van der Waals surface area contributed by atoms with Gasteiger partial charge in [0.1, 0.15) is 5.82 Å². The zero-order chi connectivity index (χ0) is 46.4. The first kappa shape index (κ1) is 44.5. The molecule has 1 aliphatic carbocycles. The topological polar surface area (TPSA) is 24.3 Å². The van der Waals surface area contributed by atoms with Crippen LogP contribution in [0.5, 0.6) is 0 Å². The molecule has 0 bridgehead atoms. The number of fused-ring (bicyclic) bond motifs is 7.